The number of pyridine rings is 1. The van der Waals surface area contributed by atoms with Gasteiger partial charge in [-0.3, -0.25) is 0 Å². The molecule has 0 aliphatic heterocycles. The summed E-state index contributed by atoms with van der Waals surface area (Å²) in [5.74, 6) is 0. The van der Waals surface area contributed by atoms with Gasteiger partial charge in [0.2, 0.25) is 0 Å². The van der Waals surface area contributed by atoms with E-state index in [2.05, 4.69) is 39.1 Å². The van der Waals surface area contributed by atoms with Crippen LogP contribution in [0.5, 0.6) is 0 Å². The number of benzene rings is 1. The molecule has 90 valence electrons. The maximum Gasteiger partial charge on any atom is 0.163 e. The highest BCUT2D eigenvalue weighted by Gasteiger charge is 2.08. The van der Waals surface area contributed by atoms with Crippen LogP contribution in [-0.4, -0.2) is 12.0 Å². The Kier molecular flexibility index (Phi) is 3.96. The van der Waals surface area contributed by atoms with E-state index in [1.165, 1.54) is 5.56 Å². The summed E-state index contributed by atoms with van der Waals surface area (Å²) in [6, 6.07) is 14.0. The lowest BCUT2D eigenvalue weighted by Gasteiger charge is -2.20. The van der Waals surface area contributed by atoms with Gasteiger partial charge < -0.3 is 4.90 Å². The minimum atomic E-state index is 0.454. The third kappa shape index (κ3) is 2.88. The molecular formula is C14H12BrN3. The van der Waals surface area contributed by atoms with Crippen molar-refractivity contribution in [2.45, 2.75) is 6.54 Å². The van der Waals surface area contributed by atoms with E-state index < -0.39 is 0 Å². The minimum Gasteiger partial charge on any atom is -0.368 e. The predicted molar refractivity (Wildman–Crippen MR) is 75.2 cm³/mol. The first kappa shape index (κ1) is 12.6. The Bertz CT molecular complexity index is 590. The SMILES string of the molecule is CN(Cc1cccc(Br)c1)c1cccnc1C#N. The molecule has 1 aromatic heterocycles. The lowest BCUT2D eigenvalue weighted by molar-refractivity contribution is 0.913. The summed E-state index contributed by atoms with van der Waals surface area (Å²) in [5.41, 5.74) is 2.48. The van der Waals surface area contributed by atoms with Gasteiger partial charge in [-0.1, -0.05) is 28.1 Å². The molecule has 0 bridgehead atoms. The van der Waals surface area contributed by atoms with E-state index in [0.717, 1.165) is 16.7 Å². The number of nitriles is 1. The van der Waals surface area contributed by atoms with Crippen molar-refractivity contribution < 1.29 is 0 Å². The number of anilines is 1. The Morgan fingerprint density at radius 1 is 1.33 bits per heavy atom. The largest absolute Gasteiger partial charge is 0.368 e. The molecule has 1 heterocycles. The van der Waals surface area contributed by atoms with Crippen LogP contribution >= 0.6 is 15.9 Å². The topological polar surface area (TPSA) is 39.9 Å². The zero-order valence-electron chi connectivity index (χ0n) is 9.97. The predicted octanol–water partition coefficient (Wildman–Crippen LogP) is 3.35. The van der Waals surface area contributed by atoms with Gasteiger partial charge in [0.1, 0.15) is 6.07 Å². The fraction of sp³-hybridized carbons (Fsp3) is 0.143. The van der Waals surface area contributed by atoms with Crippen LogP contribution < -0.4 is 4.90 Å². The van der Waals surface area contributed by atoms with Gasteiger partial charge >= 0.3 is 0 Å². The summed E-state index contributed by atoms with van der Waals surface area (Å²) in [4.78, 5) is 6.09. The monoisotopic (exact) mass is 301 g/mol. The van der Waals surface area contributed by atoms with E-state index in [-0.39, 0.29) is 0 Å². The number of aromatic nitrogens is 1. The highest BCUT2D eigenvalue weighted by atomic mass is 79.9. The van der Waals surface area contributed by atoms with Crippen molar-refractivity contribution in [2.75, 3.05) is 11.9 Å². The molecule has 2 aromatic rings. The van der Waals surface area contributed by atoms with E-state index in [1.54, 1.807) is 6.20 Å². The van der Waals surface area contributed by atoms with Gasteiger partial charge in [0.15, 0.2) is 5.69 Å². The van der Waals surface area contributed by atoms with Gasteiger partial charge in [-0.2, -0.15) is 5.26 Å². The maximum atomic E-state index is 9.03. The fourth-order valence-electron chi connectivity index (χ4n) is 1.79. The van der Waals surface area contributed by atoms with Crippen LogP contribution in [0.3, 0.4) is 0 Å². The van der Waals surface area contributed by atoms with Gasteiger partial charge in [-0.25, -0.2) is 4.98 Å². The molecule has 4 heteroatoms. The zero-order chi connectivity index (χ0) is 13.0. The van der Waals surface area contributed by atoms with Crippen molar-refractivity contribution >= 4 is 21.6 Å². The van der Waals surface area contributed by atoms with Crippen LogP contribution in [-0.2, 0) is 6.54 Å². The van der Waals surface area contributed by atoms with Gasteiger partial charge in [0.05, 0.1) is 5.69 Å². The Morgan fingerprint density at radius 3 is 2.89 bits per heavy atom. The third-order valence-electron chi connectivity index (χ3n) is 2.61. The average Bonchev–Trinajstić information content (AvgIpc) is 2.38. The second-order valence-electron chi connectivity index (χ2n) is 3.97. The first-order valence-corrected chi connectivity index (χ1v) is 6.30. The molecule has 0 radical (unpaired) electrons. The molecule has 1 aromatic carbocycles. The quantitative estimate of drug-likeness (QED) is 0.873. The van der Waals surface area contributed by atoms with Crippen LogP contribution in [0.25, 0.3) is 0 Å². The van der Waals surface area contributed by atoms with Crippen LogP contribution in [0.1, 0.15) is 11.3 Å². The summed E-state index contributed by atoms with van der Waals surface area (Å²) >= 11 is 3.45. The zero-order valence-corrected chi connectivity index (χ0v) is 11.6. The van der Waals surface area contributed by atoms with Gasteiger partial charge in [-0.15, -0.1) is 0 Å². The van der Waals surface area contributed by atoms with Crippen molar-refractivity contribution in [2.24, 2.45) is 0 Å². The van der Waals surface area contributed by atoms with Crippen LogP contribution in [0.4, 0.5) is 5.69 Å². The van der Waals surface area contributed by atoms with E-state index in [0.29, 0.717) is 5.69 Å². The number of halogens is 1. The molecule has 0 atom stereocenters. The second kappa shape index (κ2) is 5.65. The number of hydrogen-bond donors (Lipinski definition) is 0. The Balaban J connectivity index is 2.22. The summed E-state index contributed by atoms with van der Waals surface area (Å²) in [7, 11) is 1.96. The number of rotatable bonds is 3. The van der Waals surface area contributed by atoms with Gasteiger partial charge in [-0.05, 0) is 29.8 Å². The molecule has 0 saturated carbocycles. The van der Waals surface area contributed by atoms with Crippen molar-refractivity contribution in [1.29, 1.82) is 5.26 Å². The molecule has 0 amide bonds. The average molecular weight is 302 g/mol. The highest BCUT2D eigenvalue weighted by molar-refractivity contribution is 9.10. The maximum absolute atomic E-state index is 9.03. The molecule has 0 aliphatic rings. The normalized spacial score (nSPS) is 9.83. The van der Waals surface area contributed by atoms with Crippen molar-refractivity contribution in [3.8, 4) is 6.07 Å². The fourth-order valence-corrected chi connectivity index (χ4v) is 2.23. The number of hydrogen-bond acceptors (Lipinski definition) is 3. The number of nitrogens with zero attached hydrogens (tertiary/aromatic N) is 3. The molecule has 2 rings (SSSR count). The second-order valence-corrected chi connectivity index (χ2v) is 4.88. The first-order chi connectivity index (χ1) is 8.70. The lowest BCUT2D eigenvalue weighted by Crippen LogP contribution is -2.17. The van der Waals surface area contributed by atoms with Gasteiger partial charge in [0.25, 0.3) is 0 Å². The van der Waals surface area contributed by atoms with Crippen LogP contribution in [0.15, 0.2) is 47.1 Å². The summed E-state index contributed by atoms with van der Waals surface area (Å²) in [6.45, 7) is 0.736. The molecule has 0 unspecified atom stereocenters. The standard InChI is InChI=1S/C14H12BrN3/c1-18(10-11-4-2-5-12(15)8-11)14-6-3-7-17-13(14)9-16/h2-8H,10H2,1H3. The summed E-state index contributed by atoms with van der Waals surface area (Å²) in [6.07, 6.45) is 1.63. The van der Waals surface area contributed by atoms with Crippen molar-refractivity contribution in [3.05, 3.63) is 58.3 Å². The molecule has 0 saturated heterocycles. The molecule has 18 heavy (non-hydrogen) atoms. The molecular weight excluding hydrogens is 290 g/mol. The Hall–Kier alpha value is -1.86. The van der Waals surface area contributed by atoms with E-state index in [1.807, 2.05) is 36.2 Å². The Morgan fingerprint density at radius 2 is 2.17 bits per heavy atom. The van der Waals surface area contributed by atoms with Gasteiger partial charge in [0, 0.05) is 24.3 Å². The van der Waals surface area contributed by atoms with E-state index >= 15 is 0 Å². The third-order valence-corrected chi connectivity index (χ3v) is 3.11. The molecule has 0 spiro atoms. The molecule has 3 nitrogen and oxygen atoms in total. The summed E-state index contributed by atoms with van der Waals surface area (Å²) < 4.78 is 1.06. The highest BCUT2D eigenvalue weighted by Crippen LogP contribution is 2.19. The van der Waals surface area contributed by atoms with Crippen LogP contribution in [0.2, 0.25) is 0 Å². The summed E-state index contributed by atoms with van der Waals surface area (Å²) in [5, 5.41) is 9.03. The molecule has 0 N–H and O–H groups in total. The molecule has 0 aliphatic carbocycles. The Labute approximate surface area is 115 Å². The molecule has 0 fully saturated rings. The lowest BCUT2D eigenvalue weighted by atomic mass is 10.2. The van der Waals surface area contributed by atoms with E-state index in [9.17, 15) is 0 Å². The van der Waals surface area contributed by atoms with Crippen molar-refractivity contribution in [1.82, 2.24) is 4.98 Å². The minimum absolute atomic E-state index is 0.454. The van der Waals surface area contributed by atoms with Crippen molar-refractivity contribution in [3.63, 3.8) is 0 Å². The van der Waals surface area contributed by atoms with Crippen LogP contribution in [0, 0.1) is 11.3 Å². The smallest absolute Gasteiger partial charge is 0.163 e. The first-order valence-electron chi connectivity index (χ1n) is 5.51. The van der Waals surface area contributed by atoms with E-state index in [4.69, 9.17) is 5.26 Å².